The molecule has 1 fully saturated rings. The summed E-state index contributed by atoms with van der Waals surface area (Å²) in [4.78, 5) is 22.6. The number of piperidine rings is 1. The van der Waals surface area contributed by atoms with Crippen LogP contribution in [0.3, 0.4) is 0 Å². The van der Waals surface area contributed by atoms with Crippen LogP contribution in [0.5, 0.6) is 0 Å². The summed E-state index contributed by atoms with van der Waals surface area (Å²) in [6, 6.07) is 6.18. The molecule has 5 nitrogen and oxygen atoms in total. The Balaban J connectivity index is 1.96. The Hall–Kier alpha value is -1.88. The minimum Gasteiger partial charge on any atom is -0.478 e. The maximum absolute atomic E-state index is 11.9. The predicted octanol–water partition coefficient (Wildman–Crippen LogP) is 1.32. The van der Waals surface area contributed by atoms with E-state index >= 15 is 0 Å². The van der Waals surface area contributed by atoms with Crippen molar-refractivity contribution in [3.63, 3.8) is 0 Å². The van der Waals surface area contributed by atoms with Gasteiger partial charge in [0.05, 0.1) is 11.5 Å². The first-order valence-corrected chi connectivity index (χ1v) is 6.02. The van der Waals surface area contributed by atoms with E-state index < -0.39 is 5.97 Å². The van der Waals surface area contributed by atoms with Crippen LogP contribution in [0.1, 0.15) is 23.2 Å². The van der Waals surface area contributed by atoms with E-state index in [1.54, 1.807) is 12.1 Å². The lowest BCUT2D eigenvalue weighted by Crippen LogP contribution is -2.37. The molecule has 0 saturated carbocycles. The number of hydrogen-bond acceptors (Lipinski definition) is 3. The number of anilines is 1. The van der Waals surface area contributed by atoms with Gasteiger partial charge in [0.2, 0.25) is 5.91 Å². The summed E-state index contributed by atoms with van der Waals surface area (Å²) in [6.07, 6.45) is 1.90. The van der Waals surface area contributed by atoms with Crippen molar-refractivity contribution in [3.8, 4) is 0 Å². The number of carboxylic acid groups (broad SMARTS) is 1. The second-order valence-corrected chi connectivity index (χ2v) is 4.42. The number of hydrogen-bond donors (Lipinski definition) is 3. The van der Waals surface area contributed by atoms with Gasteiger partial charge in [-0.3, -0.25) is 4.79 Å². The first-order valence-electron chi connectivity index (χ1n) is 6.02. The molecular weight excluding hydrogens is 232 g/mol. The third kappa shape index (κ3) is 3.07. The molecule has 1 aromatic carbocycles. The zero-order valence-electron chi connectivity index (χ0n) is 9.98. The summed E-state index contributed by atoms with van der Waals surface area (Å²) in [7, 11) is 0. The Morgan fingerprint density at radius 3 is 2.56 bits per heavy atom. The van der Waals surface area contributed by atoms with Crippen LogP contribution in [0.2, 0.25) is 0 Å². The lowest BCUT2D eigenvalue weighted by Gasteiger charge is -2.21. The van der Waals surface area contributed by atoms with Crippen molar-refractivity contribution < 1.29 is 14.7 Å². The topological polar surface area (TPSA) is 78.4 Å². The fourth-order valence-electron chi connectivity index (χ4n) is 2.02. The van der Waals surface area contributed by atoms with Gasteiger partial charge in [-0.25, -0.2) is 4.79 Å². The Labute approximate surface area is 105 Å². The molecule has 1 saturated heterocycles. The minimum atomic E-state index is -0.968. The average Bonchev–Trinajstić information content (AvgIpc) is 2.40. The van der Waals surface area contributed by atoms with Crippen molar-refractivity contribution in [3.05, 3.63) is 29.8 Å². The maximum Gasteiger partial charge on any atom is 0.335 e. The summed E-state index contributed by atoms with van der Waals surface area (Å²) < 4.78 is 0. The Morgan fingerprint density at radius 1 is 1.28 bits per heavy atom. The smallest absolute Gasteiger partial charge is 0.335 e. The molecule has 0 aliphatic carbocycles. The lowest BCUT2D eigenvalue weighted by atomic mass is 9.99. The van der Waals surface area contributed by atoms with Crippen LogP contribution in [-0.2, 0) is 4.79 Å². The second kappa shape index (κ2) is 5.64. The number of aromatic carboxylic acids is 1. The molecule has 1 heterocycles. The summed E-state index contributed by atoms with van der Waals surface area (Å²) in [6.45, 7) is 1.68. The molecule has 96 valence electrons. The van der Waals surface area contributed by atoms with Crippen LogP contribution in [0.25, 0.3) is 0 Å². The van der Waals surface area contributed by atoms with Crippen LogP contribution >= 0.6 is 0 Å². The van der Waals surface area contributed by atoms with Crippen molar-refractivity contribution >= 4 is 17.6 Å². The van der Waals surface area contributed by atoms with Crippen molar-refractivity contribution in [2.75, 3.05) is 18.4 Å². The van der Waals surface area contributed by atoms with Crippen molar-refractivity contribution in [1.82, 2.24) is 5.32 Å². The number of benzene rings is 1. The highest BCUT2D eigenvalue weighted by Gasteiger charge is 2.20. The third-order valence-corrected chi connectivity index (χ3v) is 3.07. The molecule has 1 aromatic rings. The lowest BCUT2D eigenvalue weighted by molar-refractivity contribution is -0.120. The Morgan fingerprint density at radius 2 is 2.00 bits per heavy atom. The van der Waals surface area contributed by atoms with Crippen LogP contribution in [-0.4, -0.2) is 30.1 Å². The van der Waals surface area contributed by atoms with Crippen molar-refractivity contribution in [1.29, 1.82) is 0 Å². The van der Waals surface area contributed by atoms with E-state index in [9.17, 15) is 9.59 Å². The van der Waals surface area contributed by atoms with E-state index in [0.29, 0.717) is 12.2 Å². The van der Waals surface area contributed by atoms with Crippen LogP contribution in [0.4, 0.5) is 5.69 Å². The summed E-state index contributed by atoms with van der Waals surface area (Å²) in [5.41, 5.74) is 0.850. The number of amides is 1. The molecule has 18 heavy (non-hydrogen) atoms. The number of nitrogens with one attached hydrogen (secondary N) is 2. The van der Waals surface area contributed by atoms with E-state index in [4.69, 9.17) is 5.11 Å². The summed E-state index contributed by atoms with van der Waals surface area (Å²) in [5, 5.41) is 14.8. The fourth-order valence-corrected chi connectivity index (χ4v) is 2.02. The molecule has 1 aliphatic rings. The molecule has 3 N–H and O–H groups in total. The zero-order chi connectivity index (χ0) is 13.0. The maximum atomic E-state index is 11.9. The molecule has 1 atom stereocenters. The molecule has 1 aliphatic heterocycles. The van der Waals surface area contributed by atoms with Gasteiger partial charge in [0.15, 0.2) is 0 Å². The average molecular weight is 248 g/mol. The zero-order valence-corrected chi connectivity index (χ0v) is 9.98. The molecule has 0 radical (unpaired) electrons. The van der Waals surface area contributed by atoms with Gasteiger partial charge in [0, 0.05) is 12.2 Å². The first kappa shape index (κ1) is 12.6. The predicted molar refractivity (Wildman–Crippen MR) is 67.6 cm³/mol. The van der Waals surface area contributed by atoms with Gasteiger partial charge in [-0.2, -0.15) is 0 Å². The van der Waals surface area contributed by atoms with Gasteiger partial charge >= 0.3 is 5.97 Å². The van der Waals surface area contributed by atoms with E-state index in [0.717, 1.165) is 19.4 Å². The SMILES string of the molecule is O=C(O)c1ccc(NC(=O)[C@H]2CCCNC2)cc1. The van der Waals surface area contributed by atoms with Gasteiger partial charge in [0.1, 0.15) is 0 Å². The van der Waals surface area contributed by atoms with Gasteiger partial charge in [-0.05, 0) is 43.7 Å². The monoisotopic (exact) mass is 248 g/mol. The molecule has 0 spiro atoms. The summed E-state index contributed by atoms with van der Waals surface area (Å²) >= 11 is 0. The summed E-state index contributed by atoms with van der Waals surface area (Å²) in [5.74, 6) is -0.979. The number of carbonyl (C=O) groups is 2. The Kier molecular flexibility index (Phi) is 3.94. The quantitative estimate of drug-likeness (QED) is 0.754. The van der Waals surface area contributed by atoms with Crippen LogP contribution in [0, 0.1) is 5.92 Å². The normalized spacial score (nSPS) is 19.2. The van der Waals surface area contributed by atoms with E-state index in [1.807, 2.05) is 0 Å². The molecule has 5 heteroatoms. The molecule has 0 unspecified atom stereocenters. The van der Waals surface area contributed by atoms with E-state index in [1.165, 1.54) is 12.1 Å². The van der Waals surface area contributed by atoms with Crippen molar-refractivity contribution in [2.24, 2.45) is 5.92 Å². The van der Waals surface area contributed by atoms with Gasteiger partial charge < -0.3 is 15.7 Å². The standard InChI is InChI=1S/C13H16N2O3/c16-12(10-2-1-7-14-8-10)15-11-5-3-9(4-6-11)13(17)18/h3-6,10,14H,1-2,7-8H2,(H,15,16)(H,17,18)/t10-/m0/s1. The third-order valence-electron chi connectivity index (χ3n) is 3.07. The highest BCUT2D eigenvalue weighted by atomic mass is 16.4. The number of carbonyl (C=O) groups excluding carboxylic acids is 1. The number of rotatable bonds is 3. The van der Waals surface area contributed by atoms with Crippen molar-refractivity contribution in [2.45, 2.75) is 12.8 Å². The fraction of sp³-hybridized carbons (Fsp3) is 0.385. The largest absolute Gasteiger partial charge is 0.478 e. The van der Waals surface area contributed by atoms with Gasteiger partial charge in [-0.15, -0.1) is 0 Å². The number of carboxylic acids is 1. The van der Waals surface area contributed by atoms with Crippen LogP contribution < -0.4 is 10.6 Å². The molecule has 1 amide bonds. The Bertz CT molecular complexity index is 436. The van der Waals surface area contributed by atoms with Gasteiger partial charge in [0.25, 0.3) is 0 Å². The highest BCUT2D eigenvalue weighted by Crippen LogP contribution is 2.15. The minimum absolute atomic E-state index is 0.00194. The van der Waals surface area contributed by atoms with Crippen LogP contribution in [0.15, 0.2) is 24.3 Å². The second-order valence-electron chi connectivity index (χ2n) is 4.42. The first-order chi connectivity index (χ1) is 8.66. The molecular formula is C13H16N2O3. The molecule has 2 rings (SSSR count). The van der Waals surface area contributed by atoms with E-state index in [2.05, 4.69) is 10.6 Å². The highest BCUT2D eigenvalue weighted by molar-refractivity contribution is 5.93. The van der Waals surface area contributed by atoms with Gasteiger partial charge in [-0.1, -0.05) is 0 Å². The van der Waals surface area contributed by atoms with E-state index in [-0.39, 0.29) is 17.4 Å². The molecule has 0 bridgehead atoms. The molecule has 0 aromatic heterocycles.